The fourth-order valence-electron chi connectivity index (χ4n) is 1.79. The molecular formula is C14H13ClFN3O. The van der Waals surface area contributed by atoms with E-state index in [1.54, 1.807) is 25.1 Å². The van der Waals surface area contributed by atoms with Crippen molar-refractivity contribution >= 4 is 34.6 Å². The number of carbonyl (C=O) groups excluding carboxylic acids is 1. The molecule has 104 valence electrons. The molecule has 2 aromatic rings. The minimum absolute atomic E-state index is 0.00312. The van der Waals surface area contributed by atoms with Crippen LogP contribution in [0.3, 0.4) is 0 Å². The van der Waals surface area contributed by atoms with E-state index in [4.69, 9.17) is 23.1 Å². The maximum Gasteiger partial charge on any atom is 0.250 e. The molecule has 0 fully saturated rings. The van der Waals surface area contributed by atoms with Gasteiger partial charge in [-0.15, -0.1) is 0 Å². The minimum atomic E-state index is -0.714. The zero-order valence-electron chi connectivity index (χ0n) is 10.7. The first-order valence-corrected chi connectivity index (χ1v) is 6.19. The van der Waals surface area contributed by atoms with Crippen molar-refractivity contribution in [2.24, 2.45) is 5.73 Å². The van der Waals surface area contributed by atoms with Crippen LogP contribution in [0.2, 0.25) is 5.02 Å². The zero-order chi connectivity index (χ0) is 14.9. The van der Waals surface area contributed by atoms with E-state index in [0.29, 0.717) is 10.7 Å². The Morgan fingerprint density at radius 3 is 2.65 bits per heavy atom. The highest BCUT2D eigenvalue weighted by atomic mass is 35.5. The van der Waals surface area contributed by atoms with Crippen LogP contribution in [0.15, 0.2) is 30.3 Å². The van der Waals surface area contributed by atoms with Gasteiger partial charge in [-0.3, -0.25) is 4.79 Å². The van der Waals surface area contributed by atoms with Crippen molar-refractivity contribution in [3.8, 4) is 0 Å². The van der Waals surface area contributed by atoms with Gasteiger partial charge in [0.15, 0.2) is 0 Å². The number of carbonyl (C=O) groups is 1. The molecule has 0 aliphatic carbocycles. The SMILES string of the molecule is Cc1c(Cl)cccc1Nc1cc(C(N)=O)c(N)cc1F. The van der Waals surface area contributed by atoms with Crippen molar-refractivity contribution in [2.45, 2.75) is 6.92 Å². The molecule has 5 N–H and O–H groups in total. The Labute approximate surface area is 120 Å². The summed E-state index contributed by atoms with van der Waals surface area (Å²) in [6.45, 7) is 1.80. The Hall–Kier alpha value is -2.27. The summed E-state index contributed by atoms with van der Waals surface area (Å²) < 4.78 is 13.9. The van der Waals surface area contributed by atoms with E-state index in [0.717, 1.165) is 11.6 Å². The van der Waals surface area contributed by atoms with Gasteiger partial charge in [0.1, 0.15) is 5.82 Å². The van der Waals surface area contributed by atoms with Crippen LogP contribution in [0, 0.1) is 12.7 Å². The first kappa shape index (κ1) is 14.1. The fourth-order valence-corrected chi connectivity index (χ4v) is 1.96. The summed E-state index contributed by atoms with van der Waals surface area (Å²) in [5, 5.41) is 3.44. The summed E-state index contributed by atoms with van der Waals surface area (Å²) >= 11 is 6.00. The lowest BCUT2D eigenvalue weighted by molar-refractivity contribution is 0.100. The van der Waals surface area contributed by atoms with Crippen LogP contribution in [0.5, 0.6) is 0 Å². The minimum Gasteiger partial charge on any atom is -0.398 e. The van der Waals surface area contributed by atoms with E-state index in [2.05, 4.69) is 5.32 Å². The zero-order valence-corrected chi connectivity index (χ0v) is 11.5. The monoisotopic (exact) mass is 293 g/mol. The van der Waals surface area contributed by atoms with Gasteiger partial charge in [0, 0.05) is 16.4 Å². The maximum absolute atomic E-state index is 13.9. The third-order valence-corrected chi connectivity index (χ3v) is 3.35. The van der Waals surface area contributed by atoms with Crippen molar-refractivity contribution in [1.82, 2.24) is 0 Å². The molecule has 2 rings (SSSR count). The van der Waals surface area contributed by atoms with E-state index in [1.165, 1.54) is 6.07 Å². The Bertz CT molecular complexity index is 688. The van der Waals surface area contributed by atoms with Crippen molar-refractivity contribution < 1.29 is 9.18 Å². The number of hydrogen-bond donors (Lipinski definition) is 3. The summed E-state index contributed by atoms with van der Waals surface area (Å²) in [6, 6.07) is 7.56. The summed E-state index contributed by atoms with van der Waals surface area (Å²) in [4.78, 5) is 11.2. The number of hydrogen-bond acceptors (Lipinski definition) is 3. The van der Waals surface area contributed by atoms with Gasteiger partial charge in [0.05, 0.1) is 11.3 Å². The van der Waals surface area contributed by atoms with E-state index in [9.17, 15) is 9.18 Å². The number of amides is 1. The lowest BCUT2D eigenvalue weighted by Gasteiger charge is -2.13. The quantitative estimate of drug-likeness (QED) is 0.760. The molecule has 0 atom stereocenters. The topological polar surface area (TPSA) is 81.1 Å². The van der Waals surface area contributed by atoms with E-state index >= 15 is 0 Å². The highest BCUT2D eigenvalue weighted by Gasteiger charge is 2.13. The van der Waals surface area contributed by atoms with Gasteiger partial charge in [0.2, 0.25) is 0 Å². The summed E-state index contributed by atoms with van der Waals surface area (Å²) in [6.07, 6.45) is 0. The number of nitrogen functional groups attached to an aromatic ring is 1. The van der Waals surface area contributed by atoms with Crippen LogP contribution in [0.1, 0.15) is 15.9 Å². The maximum atomic E-state index is 13.9. The van der Waals surface area contributed by atoms with Gasteiger partial charge in [-0.1, -0.05) is 17.7 Å². The van der Waals surface area contributed by atoms with Gasteiger partial charge >= 0.3 is 0 Å². The first-order chi connectivity index (χ1) is 9.40. The fraction of sp³-hybridized carbons (Fsp3) is 0.0714. The van der Waals surface area contributed by atoms with Crippen molar-refractivity contribution in [3.05, 3.63) is 52.3 Å². The van der Waals surface area contributed by atoms with Crippen molar-refractivity contribution in [1.29, 1.82) is 0 Å². The van der Waals surface area contributed by atoms with Crippen LogP contribution in [0.25, 0.3) is 0 Å². The molecule has 0 spiro atoms. The molecule has 4 nitrogen and oxygen atoms in total. The number of primary amides is 1. The standard InChI is InChI=1S/C14H13ClFN3O/c1-7-9(15)3-2-4-12(7)19-13-5-8(14(18)20)11(17)6-10(13)16/h2-6,19H,17H2,1H3,(H2,18,20). The first-order valence-electron chi connectivity index (χ1n) is 5.81. The van der Waals surface area contributed by atoms with Crippen LogP contribution in [-0.2, 0) is 0 Å². The second-order valence-corrected chi connectivity index (χ2v) is 4.73. The van der Waals surface area contributed by atoms with Crippen LogP contribution >= 0.6 is 11.6 Å². The second kappa shape index (κ2) is 5.38. The number of benzene rings is 2. The molecule has 6 heteroatoms. The smallest absolute Gasteiger partial charge is 0.250 e. The number of rotatable bonds is 3. The number of anilines is 3. The third kappa shape index (κ3) is 2.67. The van der Waals surface area contributed by atoms with Crippen LogP contribution < -0.4 is 16.8 Å². The molecular weight excluding hydrogens is 281 g/mol. The Balaban J connectivity index is 2.46. The predicted molar refractivity (Wildman–Crippen MR) is 78.8 cm³/mol. The lowest BCUT2D eigenvalue weighted by atomic mass is 10.1. The molecule has 0 aliphatic heterocycles. The van der Waals surface area contributed by atoms with Crippen LogP contribution in [0.4, 0.5) is 21.5 Å². The molecule has 2 aromatic carbocycles. The van der Waals surface area contributed by atoms with Gasteiger partial charge < -0.3 is 16.8 Å². The summed E-state index contributed by atoms with van der Waals surface area (Å²) in [7, 11) is 0. The van der Waals surface area contributed by atoms with E-state index < -0.39 is 11.7 Å². The Kier molecular flexibility index (Phi) is 3.81. The molecule has 1 amide bonds. The Morgan fingerprint density at radius 1 is 1.30 bits per heavy atom. The largest absolute Gasteiger partial charge is 0.398 e. The molecule has 0 bridgehead atoms. The average Bonchev–Trinajstić information content (AvgIpc) is 2.37. The molecule has 0 unspecified atom stereocenters. The third-order valence-electron chi connectivity index (χ3n) is 2.94. The van der Waals surface area contributed by atoms with Crippen molar-refractivity contribution in [2.75, 3.05) is 11.1 Å². The highest BCUT2D eigenvalue weighted by Crippen LogP contribution is 2.29. The normalized spacial score (nSPS) is 10.3. The highest BCUT2D eigenvalue weighted by molar-refractivity contribution is 6.31. The molecule has 0 aromatic heterocycles. The summed E-state index contributed by atoms with van der Waals surface area (Å²) in [5.74, 6) is -1.29. The van der Waals surface area contributed by atoms with Gasteiger partial charge in [0.25, 0.3) is 5.91 Å². The van der Waals surface area contributed by atoms with E-state index in [1.807, 2.05) is 0 Å². The molecule has 0 aliphatic rings. The second-order valence-electron chi connectivity index (χ2n) is 4.32. The number of nitrogens with one attached hydrogen (secondary N) is 1. The Morgan fingerprint density at radius 2 is 2.00 bits per heavy atom. The van der Waals surface area contributed by atoms with Crippen LogP contribution in [-0.4, -0.2) is 5.91 Å². The molecule has 0 saturated carbocycles. The van der Waals surface area contributed by atoms with E-state index in [-0.39, 0.29) is 16.9 Å². The van der Waals surface area contributed by atoms with Crippen molar-refractivity contribution in [3.63, 3.8) is 0 Å². The molecule has 20 heavy (non-hydrogen) atoms. The molecule has 0 saturated heterocycles. The van der Waals surface area contributed by atoms with Gasteiger partial charge in [-0.05, 0) is 36.8 Å². The van der Waals surface area contributed by atoms with Gasteiger partial charge in [-0.2, -0.15) is 0 Å². The summed E-state index contributed by atoms with van der Waals surface area (Å²) in [5.41, 5.74) is 12.3. The average molecular weight is 294 g/mol. The number of nitrogens with two attached hydrogens (primary N) is 2. The number of halogens is 2. The lowest BCUT2D eigenvalue weighted by Crippen LogP contribution is -2.14. The molecule has 0 heterocycles. The molecule has 0 radical (unpaired) electrons. The van der Waals surface area contributed by atoms with Gasteiger partial charge in [-0.25, -0.2) is 4.39 Å². The predicted octanol–water partition coefficient (Wildman–Crippen LogP) is 3.21.